The lowest BCUT2D eigenvalue weighted by atomic mass is 9.85. The number of carboxylic acids is 1. The SMILES string of the molecule is CC1OC(O[C@H]2/C=C/C=C/C=C/C=C/C=C/C=C/C=C/C[C@@H](O)[C@@H](C)[C@H](C)OC(=O)C[C@H](O)C[C@H](O)CC[C@@H](O)[C@H](O)C[C@H](O)C[C@]3(O)CC[C@@H](C(=O)O)[C@H](C2)O3)C(O)CC1O. The molecule has 350 valence electrons. The summed E-state index contributed by atoms with van der Waals surface area (Å²) >= 11 is 0. The summed E-state index contributed by atoms with van der Waals surface area (Å²) in [5, 5.41) is 106. The third-order valence-electron chi connectivity index (χ3n) is 11.4. The van der Waals surface area contributed by atoms with Gasteiger partial charge in [0, 0.05) is 38.0 Å². The van der Waals surface area contributed by atoms with Crippen molar-refractivity contribution in [3.05, 3.63) is 85.1 Å². The predicted octanol–water partition coefficient (Wildman–Crippen LogP) is 2.56. The van der Waals surface area contributed by atoms with E-state index >= 15 is 0 Å². The molecular weight excluding hydrogens is 808 g/mol. The number of carbonyl (C=O) groups is 2. The lowest BCUT2D eigenvalue weighted by Crippen LogP contribution is -2.51. The lowest BCUT2D eigenvalue weighted by Gasteiger charge is -2.43. The van der Waals surface area contributed by atoms with Crippen LogP contribution in [0.3, 0.4) is 0 Å². The highest BCUT2D eigenvalue weighted by molar-refractivity contribution is 5.71. The highest BCUT2D eigenvalue weighted by Crippen LogP contribution is 2.38. The van der Waals surface area contributed by atoms with Gasteiger partial charge in [0.05, 0.1) is 73.4 Å². The van der Waals surface area contributed by atoms with Crippen molar-refractivity contribution < 1.29 is 79.6 Å². The summed E-state index contributed by atoms with van der Waals surface area (Å²) in [6.45, 7) is 5.02. The highest BCUT2D eigenvalue weighted by atomic mass is 16.7. The van der Waals surface area contributed by atoms with E-state index in [9.17, 15) is 60.7 Å². The smallest absolute Gasteiger partial charge is 0.309 e. The largest absolute Gasteiger partial charge is 0.481 e. The van der Waals surface area contributed by atoms with Gasteiger partial charge < -0.3 is 70.0 Å². The van der Waals surface area contributed by atoms with Crippen molar-refractivity contribution in [2.75, 3.05) is 0 Å². The number of hydrogen-bond acceptors (Lipinski definition) is 15. The van der Waals surface area contributed by atoms with Crippen LogP contribution in [0.4, 0.5) is 0 Å². The second kappa shape index (κ2) is 27.1. The number of ether oxygens (including phenoxy) is 4. The number of fused-ring (bicyclic) bond motifs is 2. The van der Waals surface area contributed by atoms with Gasteiger partial charge in [0.25, 0.3) is 0 Å². The summed E-state index contributed by atoms with van der Waals surface area (Å²) in [5.74, 6) is -5.40. The van der Waals surface area contributed by atoms with Crippen molar-refractivity contribution in [1.82, 2.24) is 0 Å². The van der Waals surface area contributed by atoms with Crippen molar-refractivity contribution in [3.63, 3.8) is 0 Å². The van der Waals surface area contributed by atoms with Gasteiger partial charge in [-0.3, -0.25) is 9.59 Å². The van der Waals surface area contributed by atoms with Gasteiger partial charge in [0.15, 0.2) is 12.1 Å². The Morgan fingerprint density at radius 3 is 1.90 bits per heavy atom. The normalized spacial score (nSPS) is 43.5. The van der Waals surface area contributed by atoms with Crippen LogP contribution < -0.4 is 0 Å². The molecule has 2 fully saturated rings. The van der Waals surface area contributed by atoms with E-state index in [-0.39, 0.29) is 44.9 Å². The Labute approximate surface area is 364 Å². The molecule has 0 saturated carbocycles. The first kappa shape index (κ1) is 53.0. The van der Waals surface area contributed by atoms with Gasteiger partial charge in [0.1, 0.15) is 12.2 Å². The Bertz CT molecular complexity index is 1560. The first-order chi connectivity index (χ1) is 29.4. The second-order valence-corrected chi connectivity index (χ2v) is 16.7. The number of aliphatic hydroxyl groups is 9. The molecule has 0 aromatic rings. The van der Waals surface area contributed by atoms with Crippen molar-refractivity contribution in [2.24, 2.45) is 11.8 Å². The van der Waals surface area contributed by atoms with Crippen molar-refractivity contribution in [1.29, 1.82) is 0 Å². The molecule has 16 atom stereocenters. The maximum Gasteiger partial charge on any atom is 0.309 e. The zero-order chi connectivity index (χ0) is 45.8. The van der Waals surface area contributed by atoms with E-state index in [0.29, 0.717) is 6.42 Å². The van der Waals surface area contributed by atoms with E-state index in [4.69, 9.17) is 18.9 Å². The summed E-state index contributed by atoms with van der Waals surface area (Å²) < 4.78 is 23.3. The molecule has 3 heterocycles. The van der Waals surface area contributed by atoms with E-state index in [1.807, 2.05) is 30.4 Å². The Morgan fingerprint density at radius 2 is 1.27 bits per heavy atom. The summed E-state index contributed by atoms with van der Waals surface area (Å²) in [7, 11) is 0. The van der Waals surface area contributed by atoms with Crippen LogP contribution in [0.1, 0.15) is 91.4 Å². The van der Waals surface area contributed by atoms with Crippen LogP contribution in [-0.2, 0) is 28.5 Å². The zero-order valence-corrected chi connectivity index (χ0v) is 35.9. The molecular formula is C46H70O16. The van der Waals surface area contributed by atoms with Gasteiger partial charge in [-0.25, -0.2) is 0 Å². The minimum atomic E-state index is -2.02. The van der Waals surface area contributed by atoms with E-state index in [0.717, 1.165) is 0 Å². The Balaban J connectivity index is 1.80. The molecule has 0 aromatic heterocycles. The number of aliphatic carboxylic acids is 1. The van der Waals surface area contributed by atoms with Crippen LogP contribution in [0.15, 0.2) is 85.1 Å². The molecule has 10 N–H and O–H groups in total. The van der Waals surface area contributed by atoms with Crippen LogP contribution in [0.5, 0.6) is 0 Å². The number of hydrogen-bond donors (Lipinski definition) is 10. The Hall–Kier alpha value is -3.36. The molecule has 0 amide bonds. The third-order valence-corrected chi connectivity index (χ3v) is 11.4. The number of carboxylic acid groups (broad SMARTS) is 1. The average molecular weight is 879 g/mol. The van der Waals surface area contributed by atoms with Gasteiger partial charge >= 0.3 is 11.9 Å². The van der Waals surface area contributed by atoms with E-state index in [1.165, 1.54) is 0 Å². The third kappa shape index (κ3) is 19.2. The van der Waals surface area contributed by atoms with E-state index in [1.54, 1.807) is 75.5 Å². The monoisotopic (exact) mass is 878 g/mol. The minimum absolute atomic E-state index is 0.00950. The lowest BCUT2D eigenvalue weighted by molar-refractivity contribution is -0.294. The van der Waals surface area contributed by atoms with Crippen LogP contribution in [0, 0.1) is 11.8 Å². The fraction of sp³-hybridized carbons (Fsp3) is 0.652. The maximum absolute atomic E-state index is 12.5. The summed E-state index contributed by atoms with van der Waals surface area (Å²) in [6, 6.07) is 0. The number of esters is 1. The van der Waals surface area contributed by atoms with E-state index < -0.39 is 128 Å². The number of carbonyl (C=O) groups excluding carboxylic acids is 1. The molecule has 0 radical (unpaired) electrons. The van der Waals surface area contributed by atoms with Crippen LogP contribution in [0.2, 0.25) is 0 Å². The molecule has 2 bridgehead atoms. The van der Waals surface area contributed by atoms with Gasteiger partial charge in [0.2, 0.25) is 0 Å². The quantitative estimate of drug-likeness (QED) is 0.183. The van der Waals surface area contributed by atoms with Gasteiger partial charge in [-0.15, -0.1) is 0 Å². The average Bonchev–Trinajstić information content (AvgIpc) is 3.19. The first-order valence-corrected chi connectivity index (χ1v) is 21.6. The number of allylic oxidation sites excluding steroid dienone is 12. The number of rotatable bonds is 3. The minimum Gasteiger partial charge on any atom is -0.481 e. The van der Waals surface area contributed by atoms with Gasteiger partial charge in [-0.1, -0.05) is 92.0 Å². The fourth-order valence-electron chi connectivity index (χ4n) is 7.45. The van der Waals surface area contributed by atoms with Crippen LogP contribution in [-0.4, -0.2) is 148 Å². The second-order valence-electron chi connectivity index (χ2n) is 16.7. The van der Waals surface area contributed by atoms with Gasteiger partial charge in [-0.05, 0) is 46.0 Å². The Kier molecular flexibility index (Phi) is 23.1. The molecule has 0 aromatic carbocycles. The molecule has 0 spiro atoms. The molecule has 2 saturated heterocycles. The fourth-order valence-corrected chi connectivity index (χ4v) is 7.45. The van der Waals surface area contributed by atoms with Crippen LogP contribution in [0.25, 0.3) is 0 Å². The number of aliphatic hydroxyl groups excluding tert-OH is 8. The number of cyclic esters (lactones) is 1. The van der Waals surface area contributed by atoms with Crippen LogP contribution >= 0.6 is 0 Å². The van der Waals surface area contributed by atoms with Crippen molar-refractivity contribution in [2.45, 2.75) is 177 Å². The molecule has 4 unspecified atom stereocenters. The standard InChI is InChI=1S/C46H70O16/c1-29-30(2)59-43(55)25-33(48)23-32(47)19-20-38(51)40(53)24-34(49)28-46(58)22-21-36(44(56)57)42(62-46)26-35(61-45-41(54)27-39(52)31(3)60-45)17-15-13-11-9-7-5-4-6-8-10-12-14-16-18-37(29)50/h4-17,29-42,45,47-54,58H,18-28H2,1-3H3,(H,56,57)/b5-4+,8-6+,9-7+,12-10+,13-11+,16-14+,17-15+/t29-,30-,31?,32+,33+,34-,35-,36+,37+,38+,39?,40+,41?,42-,45?,46-/m0/s1. The van der Waals surface area contributed by atoms with Gasteiger partial charge in [-0.2, -0.15) is 0 Å². The molecule has 16 heteroatoms. The molecule has 3 rings (SSSR count). The predicted molar refractivity (Wildman–Crippen MR) is 228 cm³/mol. The van der Waals surface area contributed by atoms with Crippen molar-refractivity contribution in [3.8, 4) is 0 Å². The summed E-state index contributed by atoms with van der Waals surface area (Å²) in [5.41, 5.74) is 0. The van der Waals surface area contributed by atoms with Crippen molar-refractivity contribution >= 4 is 11.9 Å². The zero-order valence-electron chi connectivity index (χ0n) is 35.9. The van der Waals surface area contributed by atoms with E-state index in [2.05, 4.69) is 0 Å². The summed E-state index contributed by atoms with van der Waals surface area (Å²) in [4.78, 5) is 24.9. The topological polar surface area (TPSA) is 273 Å². The Morgan fingerprint density at radius 1 is 0.661 bits per heavy atom. The molecule has 62 heavy (non-hydrogen) atoms. The molecule has 3 aliphatic rings. The molecule has 16 nitrogen and oxygen atoms in total. The highest BCUT2D eigenvalue weighted by Gasteiger charge is 2.46. The molecule has 3 aliphatic heterocycles. The molecule has 0 aliphatic carbocycles. The first-order valence-electron chi connectivity index (χ1n) is 21.6. The summed E-state index contributed by atoms with van der Waals surface area (Å²) in [6.07, 6.45) is 9.04. The maximum atomic E-state index is 12.5.